The molecule has 0 saturated heterocycles. The summed E-state index contributed by atoms with van der Waals surface area (Å²) >= 11 is 0. The van der Waals surface area contributed by atoms with E-state index in [0.717, 1.165) is 41.4 Å². The Hall–Kier alpha value is 0. The zero-order valence-corrected chi connectivity index (χ0v) is 16.4. The van der Waals surface area contributed by atoms with Gasteiger partial charge in [0.15, 0.2) is 0 Å². The second-order valence-corrected chi connectivity index (χ2v) is 10.4. The Morgan fingerprint density at radius 2 is 0.583 bits per heavy atom. The maximum atomic E-state index is 2.47. The van der Waals surface area contributed by atoms with Gasteiger partial charge < -0.3 is 0 Å². The van der Waals surface area contributed by atoms with Crippen molar-refractivity contribution in [3.05, 3.63) is 0 Å². The first-order valence-corrected chi connectivity index (χ1v) is 11.8. The van der Waals surface area contributed by atoms with E-state index < -0.39 is 0 Å². The average molecular weight is 331 g/mol. The van der Waals surface area contributed by atoms with Gasteiger partial charge in [0.25, 0.3) is 0 Å². The molecule has 0 atom stereocenters. The molecule has 0 aromatic heterocycles. The second-order valence-electron chi connectivity index (χ2n) is 10.4. The zero-order valence-electron chi connectivity index (χ0n) is 16.4. The van der Waals surface area contributed by atoms with Crippen molar-refractivity contribution in [1.29, 1.82) is 0 Å². The van der Waals surface area contributed by atoms with Gasteiger partial charge in [-0.25, -0.2) is 0 Å². The van der Waals surface area contributed by atoms with Crippen LogP contribution in [0.2, 0.25) is 0 Å². The van der Waals surface area contributed by atoms with Crippen LogP contribution in [0.25, 0.3) is 0 Å². The fourth-order valence-corrected chi connectivity index (χ4v) is 7.36. The lowest BCUT2D eigenvalue weighted by atomic mass is 9.64. The first kappa shape index (κ1) is 17.4. The summed E-state index contributed by atoms with van der Waals surface area (Å²) in [6.07, 6.45) is 25.1. The molecule has 24 heavy (non-hydrogen) atoms. The lowest BCUT2D eigenvalue weighted by molar-refractivity contribution is 0.0973. The molecule has 0 spiro atoms. The van der Waals surface area contributed by atoms with Crippen molar-refractivity contribution in [2.45, 2.75) is 110 Å². The molecule has 4 rings (SSSR count). The highest BCUT2D eigenvalue weighted by atomic mass is 14.4. The number of hydrogen-bond donors (Lipinski definition) is 0. The van der Waals surface area contributed by atoms with Gasteiger partial charge in [-0.2, -0.15) is 0 Å². The molecule has 0 bridgehead atoms. The summed E-state index contributed by atoms with van der Waals surface area (Å²) in [6, 6.07) is 0. The molecular formula is C24H42. The van der Waals surface area contributed by atoms with E-state index in [1.807, 2.05) is 0 Å². The first-order chi connectivity index (χ1) is 11.8. The van der Waals surface area contributed by atoms with E-state index in [4.69, 9.17) is 0 Å². The number of rotatable bonds is 3. The van der Waals surface area contributed by atoms with E-state index >= 15 is 0 Å². The summed E-state index contributed by atoms with van der Waals surface area (Å²) in [5.74, 6) is 7.75. The largest absolute Gasteiger partial charge is 0.0625 e. The van der Waals surface area contributed by atoms with Crippen LogP contribution in [0.5, 0.6) is 0 Å². The minimum absolute atomic E-state index is 1.02. The van der Waals surface area contributed by atoms with E-state index in [1.165, 1.54) is 25.7 Å². The van der Waals surface area contributed by atoms with Crippen molar-refractivity contribution < 1.29 is 0 Å². The molecule has 4 saturated carbocycles. The maximum Gasteiger partial charge on any atom is -0.0386 e. The standard InChI is InChI=1S/C24H42/c1-18-6-8-20(9-7-18)22-14-16-24(17-15-22)23-12-10-21(11-13-23)19-4-2-3-5-19/h18-24H,2-17H2,1H3. The Morgan fingerprint density at radius 3 is 0.917 bits per heavy atom. The Kier molecular flexibility index (Phi) is 5.90. The number of hydrogen-bond acceptors (Lipinski definition) is 0. The quantitative estimate of drug-likeness (QED) is 0.499. The molecule has 138 valence electrons. The Balaban J connectivity index is 1.19. The van der Waals surface area contributed by atoms with E-state index in [1.54, 1.807) is 77.0 Å². The molecule has 0 heterocycles. The topological polar surface area (TPSA) is 0 Å². The van der Waals surface area contributed by atoms with E-state index in [-0.39, 0.29) is 0 Å². The van der Waals surface area contributed by atoms with E-state index in [2.05, 4.69) is 6.92 Å². The summed E-state index contributed by atoms with van der Waals surface area (Å²) in [6.45, 7) is 2.47. The molecule has 0 radical (unpaired) electrons. The fraction of sp³-hybridized carbons (Fsp3) is 1.00. The Bertz CT molecular complexity index is 355. The van der Waals surface area contributed by atoms with Crippen LogP contribution in [0, 0.1) is 41.4 Å². The predicted molar refractivity (Wildman–Crippen MR) is 104 cm³/mol. The SMILES string of the molecule is CC1CCC(C2CCC(C3CCC(C4CCCC4)CC3)CC2)CC1. The fourth-order valence-electron chi connectivity index (χ4n) is 7.36. The van der Waals surface area contributed by atoms with Crippen LogP contribution in [-0.2, 0) is 0 Å². The second kappa shape index (κ2) is 8.13. The molecule has 0 heteroatoms. The highest BCUT2D eigenvalue weighted by molar-refractivity contribution is 4.87. The first-order valence-electron chi connectivity index (χ1n) is 11.8. The lowest BCUT2D eigenvalue weighted by Gasteiger charge is -2.41. The van der Waals surface area contributed by atoms with Crippen LogP contribution < -0.4 is 0 Å². The molecule has 0 nitrogen and oxygen atoms in total. The van der Waals surface area contributed by atoms with Crippen LogP contribution in [0.15, 0.2) is 0 Å². The van der Waals surface area contributed by atoms with Gasteiger partial charge in [-0.15, -0.1) is 0 Å². The minimum Gasteiger partial charge on any atom is -0.0625 e. The van der Waals surface area contributed by atoms with Crippen molar-refractivity contribution in [3.63, 3.8) is 0 Å². The van der Waals surface area contributed by atoms with E-state index in [0.29, 0.717) is 0 Å². The van der Waals surface area contributed by atoms with E-state index in [9.17, 15) is 0 Å². The van der Waals surface area contributed by atoms with Crippen LogP contribution >= 0.6 is 0 Å². The molecule has 0 aromatic rings. The molecule has 0 amide bonds. The molecule has 4 aliphatic carbocycles. The van der Waals surface area contributed by atoms with Gasteiger partial charge in [0, 0.05) is 0 Å². The summed E-state index contributed by atoms with van der Waals surface area (Å²) in [5.41, 5.74) is 0. The van der Waals surface area contributed by atoms with Gasteiger partial charge in [0.2, 0.25) is 0 Å². The molecule has 4 fully saturated rings. The van der Waals surface area contributed by atoms with Gasteiger partial charge in [-0.05, 0) is 106 Å². The van der Waals surface area contributed by atoms with Crippen molar-refractivity contribution >= 4 is 0 Å². The molecule has 0 unspecified atom stereocenters. The summed E-state index contributed by atoms with van der Waals surface area (Å²) < 4.78 is 0. The van der Waals surface area contributed by atoms with Gasteiger partial charge in [-0.1, -0.05) is 45.4 Å². The van der Waals surface area contributed by atoms with Crippen molar-refractivity contribution in [1.82, 2.24) is 0 Å². The molecular weight excluding hydrogens is 288 g/mol. The minimum atomic E-state index is 1.02. The van der Waals surface area contributed by atoms with Crippen molar-refractivity contribution in [2.75, 3.05) is 0 Å². The van der Waals surface area contributed by atoms with Crippen LogP contribution in [0.1, 0.15) is 110 Å². The van der Waals surface area contributed by atoms with Gasteiger partial charge in [0.05, 0.1) is 0 Å². The molecule has 0 aromatic carbocycles. The molecule has 0 N–H and O–H groups in total. The van der Waals surface area contributed by atoms with Gasteiger partial charge in [0.1, 0.15) is 0 Å². The van der Waals surface area contributed by atoms with Crippen molar-refractivity contribution in [2.24, 2.45) is 41.4 Å². The van der Waals surface area contributed by atoms with Crippen LogP contribution in [-0.4, -0.2) is 0 Å². The molecule has 4 aliphatic rings. The van der Waals surface area contributed by atoms with Gasteiger partial charge >= 0.3 is 0 Å². The zero-order chi connectivity index (χ0) is 16.4. The molecule has 0 aliphatic heterocycles. The highest BCUT2D eigenvalue weighted by Crippen LogP contribution is 2.47. The van der Waals surface area contributed by atoms with Gasteiger partial charge in [-0.3, -0.25) is 0 Å². The summed E-state index contributed by atoms with van der Waals surface area (Å²) in [5, 5.41) is 0. The van der Waals surface area contributed by atoms with Crippen LogP contribution in [0.3, 0.4) is 0 Å². The van der Waals surface area contributed by atoms with Crippen LogP contribution in [0.4, 0.5) is 0 Å². The normalized spacial score (nSPS) is 45.4. The smallest absolute Gasteiger partial charge is 0.0386 e. The third-order valence-corrected chi connectivity index (χ3v) is 9.09. The summed E-state index contributed by atoms with van der Waals surface area (Å²) in [4.78, 5) is 0. The Labute approximate surface area is 151 Å². The third kappa shape index (κ3) is 4.04. The highest BCUT2D eigenvalue weighted by Gasteiger charge is 2.35. The van der Waals surface area contributed by atoms with Crippen molar-refractivity contribution in [3.8, 4) is 0 Å². The summed E-state index contributed by atoms with van der Waals surface area (Å²) in [7, 11) is 0. The maximum absolute atomic E-state index is 2.47. The third-order valence-electron chi connectivity index (χ3n) is 9.09. The monoisotopic (exact) mass is 330 g/mol. The Morgan fingerprint density at radius 1 is 0.333 bits per heavy atom. The average Bonchev–Trinajstić information content (AvgIpc) is 3.17. The predicted octanol–water partition coefficient (Wildman–Crippen LogP) is 7.62. The lowest BCUT2D eigenvalue weighted by Crippen LogP contribution is -2.30.